The molecule has 3 nitrogen and oxygen atoms in total. The molecular weight excluding hydrogens is 295 g/mol. The molecule has 0 saturated carbocycles. The molecule has 1 amide bonds. The molecule has 1 heterocycles. The fourth-order valence-corrected chi connectivity index (χ4v) is 3.16. The summed E-state index contributed by atoms with van der Waals surface area (Å²) in [6.07, 6.45) is 1.75. The highest BCUT2D eigenvalue weighted by Gasteiger charge is 2.41. The fraction of sp³-hybridized carbons (Fsp3) is 0.533. The molecule has 1 N–H and O–H groups in total. The second-order valence-corrected chi connectivity index (χ2v) is 6.22. The number of nitrogens with zero attached hydrogens (tertiary/aromatic N) is 1. The van der Waals surface area contributed by atoms with Gasteiger partial charge < -0.3 is 10.2 Å². The van der Waals surface area contributed by atoms with E-state index in [-0.39, 0.29) is 11.3 Å². The molecule has 110 valence electrons. The van der Waals surface area contributed by atoms with Gasteiger partial charge in [0.15, 0.2) is 0 Å². The Morgan fingerprint density at radius 3 is 2.80 bits per heavy atom. The minimum Gasteiger partial charge on any atom is -0.341 e. The summed E-state index contributed by atoms with van der Waals surface area (Å²) in [5.74, 6) is 0.182. The van der Waals surface area contributed by atoms with Gasteiger partial charge in [-0.05, 0) is 31.0 Å². The maximum atomic E-state index is 12.7. The van der Waals surface area contributed by atoms with Crippen molar-refractivity contribution < 1.29 is 4.79 Å². The summed E-state index contributed by atoms with van der Waals surface area (Å²) in [7, 11) is 1.83. The average molecular weight is 315 g/mol. The van der Waals surface area contributed by atoms with E-state index in [4.69, 9.17) is 23.2 Å². The largest absolute Gasteiger partial charge is 0.341 e. The van der Waals surface area contributed by atoms with E-state index < -0.39 is 0 Å². The topological polar surface area (TPSA) is 32.3 Å². The van der Waals surface area contributed by atoms with Gasteiger partial charge in [-0.25, -0.2) is 0 Å². The predicted molar refractivity (Wildman–Crippen MR) is 83.1 cm³/mol. The Balaban J connectivity index is 2.13. The molecule has 1 aromatic rings. The van der Waals surface area contributed by atoms with Gasteiger partial charge in [0, 0.05) is 20.1 Å². The van der Waals surface area contributed by atoms with Crippen LogP contribution in [0.15, 0.2) is 18.2 Å². The number of hydrogen-bond acceptors (Lipinski definition) is 2. The summed E-state index contributed by atoms with van der Waals surface area (Å²) in [6.45, 7) is 4.23. The number of halogens is 2. The van der Waals surface area contributed by atoms with E-state index in [1.54, 1.807) is 11.0 Å². The van der Waals surface area contributed by atoms with Crippen LogP contribution in [0.25, 0.3) is 0 Å². The maximum Gasteiger partial charge on any atom is 0.230 e. The number of hydrogen-bond donors (Lipinski definition) is 1. The lowest BCUT2D eigenvalue weighted by atomic mass is 9.83. The molecule has 0 spiro atoms. The first-order chi connectivity index (χ1) is 9.50. The summed E-state index contributed by atoms with van der Waals surface area (Å²) >= 11 is 12.2. The van der Waals surface area contributed by atoms with Crippen LogP contribution in [0.2, 0.25) is 10.0 Å². The lowest BCUT2D eigenvalue weighted by Gasteiger charge is -2.31. The van der Waals surface area contributed by atoms with Crippen molar-refractivity contribution in [3.8, 4) is 0 Å². The highest BCUT2D eigenvalue weighted by molar-refractivity contribution is 6.42. The van der Waals surface area contributed by atoms with Crippen molar-refractivity contribution in [3.63, 3.8) is 0 Å². The van der Waals surface area contributed by atoms with E-state index in [2.05, 4.69) is 12.2 Å². The number of carbonyl (C=O) groups is 1. The van der Waals surface area contributed by atoms with Crippen LogP contribution in [0.4, 0.5) is 0 Å². The summed E-state index contributed by atoms with van der Waals surface area (Å²) in [4.78, 5) is 14.5. The van der Waals surface area contributed by atoms with Gasteiger partial charge in [0.05, 0.1) is 15.5 Å². The second kappa shape index (κ2) is 6.33. The van der Waals surface area contributed by atoms with Crippen molar-refractivity contribution in [1.29, 1.82) is 0 Å². The van der Waals surface area contributed by atoms with Crippen molar-refractivity contribution >= 4 is 29.1 Å². The van der Waals surface area contributed by atoms with Crippen LogP contribution in [-0.4, -0.2) is 30.9 Å². The van der Waals surface area contributed by atoms with Crippen molar-refractivity contribution in [2.24, 2.45) is 5.41 Å². The Bertz CT molecular complexity index is 499. The molecule has 20 heavy (non-hydrogen) atoms. The van der Waals surface area contributed by atoms with Gasteiger partial charge >= 0.3 is 0 Å². The van der Waals surface area contributed by atoms with Gasteiger partial charge in [-0.3, -0.25) is 4.79 Å². The molecule has 1 aliphatic heterocycles. The molecule has 5 heteroatoms. The minimum atomic E-state index is -0.264. The third-order valence-corrected chi connectivity index (χ3v) is 5.02. The number of rotatable bonds is 4. The standard InChI is InChI=1S/C15H20Cl2N2O/c1-3-15(7-8-18-10-15)14(20)19(2)9-11-5-4-6-12(16)13(11)17/h4-6,18H,3,7-10H2,1-2H3. The number of carbonyl (C=O) groups excluding carboxylic acids is 1. The van der Waals surface area contributed by atoms with Crippen LogP contribution < -0.4 is 5.32 Å². The lowest BCUT2D eigenvalue weighted by Crippen LogP contribution is -2.42. The van der Waals surface area contributed by atoms with Gasteiger partial charge in [0.2, 0.25) is 5.91 Å². The van der Waals surface area contributed by atoms with Crippen LogP contribution in [0.1, 0.15) is 25.3 Å². The maximum absolute atomic E-state index is 12.7. The summed E-state index contributed by atoms with van der Waals surface area (Å²) < 4.78 is 0. The molecule has 2 rings (SSSR count). The van der Waals surface area contributed by atoms with Gasteiger partial charge in [-0.2, -0.15) is 0 Å². The highest BCUT2D eigenvalue weighted by Crippen LogP contribution is 2.33. The molecule has 1 saturated heterocycles. The van der Waals surface area contributed by atoms with Gasteiger partial charge in [-0.1, -0.05) is 42.3 Å². The smallest absolute Gasteiger partial charge is 0.230 e. The van der Waals surface area contributed by atoms with E-state index in [0.29, 0.717) is 16.6 Å². The normalized spacial score (nSPS) is 22.0. The Morgan fingerprint density at radius 2 is 2.20 bits per heavy atom. The zero-order valence-electron chi connectivity index (χ0n) is 11.9. The minimum absolute atomic E-state index is 0.182. The van der Waals surface area contributed by atoms with E-state index >= 15 is 0 Å². The van der Waals surface area contributed by atoms with Crippen LogP contribution in [0.5, 0.6) is 0 Å². The zero-order chi connectivity index (χ0) is 14.8. The van der Waals surface area contributed by atoms with Crippen molar-refractivity contribution in [3.05, 3.63) is 33.8 Å². The molecule has 1 aromatic carbocycles. The number of benzene rings is 1. The molecule has 1 aliphatic rings. The van der Waals surface area contributed by atoms with Crippen molar-refractivity contribution in [1.82, 2.24) is 10.2 Å². The first-order valence-electron chi connectivity index (χ1n) is 6.89. The molecular formula is C15H20Cl2N2O. The van der Waals surface area contributed by atoms with E-state index in [9.17, 15) is 4.79 Å². The summed E-state index contributed by atoms with van der Waals surface area (Å²) in [6, 6.07) is 5.52. The van der Waals surface area contributed by atoms with Crippen LogP contribution in [0.3, 0.4) is 0 Å². The Morgan fingerprint density at radius 1 is 1.45 bits per heavy atom. The molecule has 0 bridgehead atoms. The summed E-state index contributed by atoms with van der Waals surface area (Å²) in [5, 5.41) is 4.35. The highest BCUT2D eigenvalue weighted by atomic mass is 35.5. The molecule has 1 unspecified atom stereocenters. The third-order valence-electron chi connectivity index (χ3n) is 4.16. The lowest BCUT2D eigenvalue weighted by molar-refractivity contribution is -0.140. The predicted octanol–water partition coefficient (Wildman–Crippen LogP) is 3.34. The Labute approximate surface area is 130 Å². The van der Waals surface area contributed by atoms with Crippen LogP contribution in [-0.2, 0) is 11.3 Å². The SMILES string of the molecule is CCC1(C(=O)N(C)Cc2cccc(Cl)c2Cl)CCNC1. The van der Waals surface area contributed by atoms with Crippen molar-refractivity contribution in [2.45, 2.75) is 26.3 Å². The number of nitrogens with one attached hydrogen (secondary N) is 1. The average Bonchev–Trinajstić information content (AvgIpc) is 2.93. The first kappa shape index (κ1) is 15.6. The van der Waals surface area contributed by atoms with Gasteiger partial charge in [0.1, 0.15) is 0 Å². The van der Waals surface area contributed by atoms with E-state index in [1.807, 2.05) is 19.2 Å². The Hall–Kier alpha value is -0.770. The van der Waals surface area contributed by atoms with Gasteiger partial charge in [0.25, 0.3) is 0 Å². The van der Waals surface area contributed by atoms with Gasteiger partial charge in [-0.15, -0.1) is 0 Å². The molecule has 0 aromatic heterocycles. The second-order valence-electron chi connectivity index (χ2n) is 5.43. The number of amides is 1. The quantitative estimate of drug-likeness (QED) is 0.924. The van der Waals surface area contributed by atoms with E-state index in [1.165, 1.54) is 0 Å². The zero-order valence-corrected chi connectivity index (χ0v) is 13.4. The monoisotopic (exact) mass is 314 g/mol. The molecule has 0 aliphatic carbocycles. The molecule has 0 radical (unpaired) electrons. The molecule has 1 atom stereocenters. The van der Waals surface area contributed by atoms with Crippen molar-refractivity contribution in [2.75, 3.05) is 20.1 Å². The third kappa shape index (κ3) is 2.95. The fourth-order valence-electron chi connectivity index (χ4n) is 2.78. The van der Waals surface area contributed by atoms with E-state index in [0.717, 1.165) is 31.5 Å². The molecule has 1 fully saturated rings. The van der Waals surface area contributed by atoms with Crippen LogP contribution in [0, 0.1) is 5.41 Å². The summed E-state index contributed by atoms with van der Waals surface area (Å²) in [5.41, 5.74) is 0.618. The Kier molecular flexibility index (Phi) is 4.95. The first-order valence-corrected chi connectivity index (χ1v) is 7.65. The van der Waals surface area contributed by atoms with Crippen LogP contribution >= 0.6 is 23.2 Å².